The molecule has 0 bridgehead atoms. The van der Waals surface area contributed by atoms with Crippen LogP contribution in [0.4, 0.5) is 0 Å². The van der Waals surface area contributed by atoms with Crippen LogP contribution >= 0.6 is 0 Å². The highest BCUT2D eigenvalue weighted by Gasteiger charge is 2.29. The molecule has 3 nitrogen and oxygen atoms in total. The lowest BCUT2D eigenvalue weighted by Crippen LogP contribution is -2.27. The van der Waals surface area contributed by atoms with Crippen LogP contribution in [-0.2, 0) is 5.54 Å². The Balaban J connectivity index is 2.23. The molecule has 66 valence electrons. The lowest BCUT2D eigenvalue weighted by Gasteiger charge is -2.12. The van der Waals surface area contributed by atoms with E-state index >= 15 is 0 Å². The fourth-order valence-electron chi connectivity index (χ4n) is 1.16. The van der Waals surface area contributed by atoms with Crippen molar-refractivity contribution in [1.29, 1.82) is 0 Å². The summed E-state index contributed by atoms with van der Waals surface area (Å²) in [5.41, 5.74) is 6.53. The first-order valence-corrected chi connectivity index (χ1v) is 4.33. The SMILES string of the molecule is CC(C)(N)c1cc(C2CC2)no1. The van der Waals surface area contributed by atoms with Crippen molar-refractivity contribution in [2.75, 3.05) is 0 Å². The zero-order chi connectivity index (χ0) is 8.77. The van der Waals surface area contributed by atoms with E-state index in [1.54, 1.807) is 0 Å². The van der Waals surface area contributed by atoms with Crippen molar-refractivity contribution >= 4 is 0 Å². The molecule has 0 spiro atoms. The van der Waals surface area contributed by atoms with Gasteiger partial charge in [0.1, 0.15) is 0 Å². The third kappa shape index (κ3) is 1.37. The molecule has 0 amide bonds. The maximum atomic E-state index is 5.86. The second-order valence-corrected chi connectivity index (χ2v) is 4.11. The number of hydrogen-bond acceptors (Lipinski definition) is 3. The summed E-state index contributed by atoms with van der Waals surface area (Å²) >= 11 is 0. The van der Waals surface area contributed by atoms with Gasteiger partial charge in [-0.15, -0.1) is 0 Å². The average molecular weight is 166 g/mol. The Kier molecular flexibility index (Phi) is 1.51. The molecule has 0 saturated heterocycles. The minimum atomic E-state index is -0.403. The van der Waals surface area contributed by atoms with Gasteiger partial charge in [-0.2, -0.15) is 0 Å². The highest BCUT2D eigenvalue weighted by molar-refractivity contribution is 5.19. The molecular formula is C9H14N2O. The van der Waals surface area contributed by atoms with Crippen molar-refractivity contribution in [3.8, 4) is 0 Å². The third-order valence-corrected chi connectivity index (χ3v) is 2.16. The van der Waals surface area contributed by atoms with Crippen LogP contribution in [0, 0.1) is 0 Å². The summed E-state index contributed by atoms with van der Waals surface area (Å²) in [7, 11) is 0. The Morgan fingerprint density at radius 1 is 1.58 bits per heavy atom. The first-order chi connectivity index (χ1) is 5.57. The quantitative estimate of drug-likeness (QED) is 0.728. The summed E-state index contributed by atoms with van der Waals surface area (Å²) in [5, 5.41) is 3.99. The maximum absolute atomic E-state index is 5.86. The van der Waals surface area contributed by atoms with Crippen molar-refractivity contribution < 1.29 is 4.52 Å². The fourth-order valence-corrected chi connectivity index (χ4v) is 1.16. The van der Waals surface area contributed by atoms with Gasteiger partial charge in [-0.3, -0.25) is 0 Å². The molecule has 1 aromatic rings. The van der Waals surface area contributed by atoms with Crippen molar-refractivity contribution in [1.82, 2.24) is 5.16 Å². The molecule has 1 aromatic heterocycles. The Hall–Kier alpha value is -0.830. The van der Waals surface area contributed by atoms with Crippen LogP contribution in [-0.4, -0.2) is 5.16 Å². The summed E-state index contributed by atoms with van der Waals surface area (Å²) in [4.78, 5) is 0. The van der Waals surface area contributed by atoms with Crippen molar-refractivity contribution in [3.05, 3.63) is 17.5 Å². The van der Waals surface area contributed by atoms with Crippen LogP contribution in [0.3, 0.4) is 0 Å². The summed E-state index contributed by atoms with van der Waals surface area (Å²) < 4.78 is 5.16. The molecule has 1 saturated carbocycles. The molecule has 0 atom stereocenters. The number of rotatable bonds is 2. The molecule has 12 heavy (non-hydrogen) atoms. The molecule has 2 rings (SSSR count). The highest BCUT2D eigenvalue weighted by Crippen LogP contribution is 2.40. The highest BCUT2D eigenvalue weighted by atomic mass is 16.5. The summed E-state index contributed by atoms with van der Waals surface area (Å²) in [5.74, 6) is 1.43. The minimum Gasteiger partial charge on any atom is -0.359 e. The van der Waals surface area contributed by atoms with E-state index < -0.39 is 5.54 Å². The fraction of sp³-hybridized carbons (Fsp3) is 0.667. The van der Waals surface area contributed by atoms with Crippen LogP contribution in [0.15, 0.2) is 10.6 Å². The molecular weight excluding hydrogens is 152 g/mol. The average Bonchev–Trinajstić information content (AvgIpc) is 2.66. The Bertz CT molecular complexity index is 281. The molecule has 2 N–H and O–H groups in total. The van der Waals surface area contributed by atoms with E-state index in [9.17, 15) is 0 Å². The van der Waals surface area contributed by atoms with Gasteiger partial charge in [0.15, 0.2) is 5.76 Å². The van der Waals surface area contributed by atoms with E-state index in [0.717, 1.165) is 11.5 Å². The van der Waals surface area contributed by atoms with Gasteiger partial charge in [-0.05, 0) is 26.7 Å². The van der Waals surface area contributed by atoms with Gasteiger partial charge in [0, 0.05) is 12.0 Å². The van der Waals surface area contributed by atoms with Gasteiger partial charge in [0.2, 0.25) is 0 Å². The zero-order valence-corrected chi connectivity index (χ0v) is 7.50. The normalized spacial score (nSPS) is 18.2. The van der Waals surface area contributed by atoms with Gasteiger partial charge in [-0.1, -0.05) is 5.16 Å². The van der Waals surface area contributed by atoms with Gasteiger partial charge in [0.25, 0.3) is 0 Å². The predicted molar refractivity (Wildman–Crippen MR) is 45.7 cm³/mol. The van der Waals surface area contributed by atoms with Crippen LogP contribution in [0.2, 0.25) is 0 Å². The number of nitrogens with zero attached hydrogens (tertiary/aromatic N) is 1. The Labute approximate surface area is 71.9 Å². The summed E-state index contributed by atoms with van der Waals surface area (Å²) in [6, 6.07) is 1.98. The second-order valence-electron chi connectivity index (χ2n) is 4.11. The predicted octanol–water partition coefficient (Wildman–Crippen LogP) is 1.75. The molecule has 0 radical (unpaired) electrons. The van der Waals surface area contributed by atoms with Crippen molar-refractivity contribution in [2.24, 2.45) is 5.73 Å². The van der Waals surface area contributed by atoms with E-state index in [2.05, 4.69) is 5.16 Å². The van der Waals surface area contributed by atoms with E-state index in [1.165, 1.54) is 12.8 Å². The van der Waals surface area contributed by atoms with Crippen LogP contribution in [0.1, 0.15) is 44.1 Å². The lowest BCUT2D eigenvalue weighted by molar-refractivity contribution is 0.318. The van der Waals surface area contributed by atoms with Gasteiger partial charge >= 0.3 is 0 Å². The molecule has 3 heteroatoms. The number of hydrogen-bond donors (Lipinski definition) is 1. The van der Waals surface area contributed by atoms with E-state index in [1.807, 2.05) is 19.9 Å². The third-order valence-electron chi connectivity index (χ3n) is 2.16. The minimum absolute atomic E-state index is 0.403. The van der Waals surface area contributed by atoms with Crippen LogP contribution in [0.5, 0.6) is 0 Å². The molecule has 1 aliphatic rings. The van der Waals surface area contributed by atoms with Gasteiger partial charge < -0.3 is 10.3 Å². The molecule has 0 aromatic carbocycles. The zero-order valence-electron chi connectivity index (χ0n) is 7.50. The topological polar surface area (TPSA) is 52.0 Å². The van der Waals surface area contributed by atoms with Crippen molar-refractivity contribution in [3.63, 3.8) is 0 Å². The van der Waals surface area contributed by atoms with Crippen LogP contribution in [0.25, 0.3) is 0 Å². The first-order valence-electron chi connectivity index (χ1n) is 4.33. The standard InChI is InChI=1S/C9H14N2O/c1-9(2,10)8-5-7(11-12-8)6-3-4-6/h5-6H,3-4,10H2,1-2H3. The summed E-state index contributed by atoms with van der Waals surface area (Å²) in [6.07, 6.45) is 2.49. The monoisotopic (exact) mass is 166 g/mol. The second kappa shape index (κ2) is 2.33. The number of nitrogens with two attached hydrogens (primary N) is 1. The molecule has 1 fully saturated rings. The Morgan fingerprint density at radius 2 is 2.25 bits per heavy atom. The maximum Gasteiger partial charge on any atom is 0.156 e. The van der Waals surface area contributed by atoms with E-state index in [4.69, 9.17) is 10.3 Å². The largest absolute Gasteiger partial charge is 0.359 e. The summed E-state index contributed by atoms with van der Waals surface area (Å²) in [6.45, 7) is 3.84. The van der Waals surface area contributed by atoms with Crippen LogP contribution < -0.4 is 5.73 Å². The molecule has 1 heterocycles. The van der Waals surface area contributed by atoms with E-state index in [0.29, 0.717) is 5.92 Å². The molecule has 0 aliphatic heterocycles. The first kappa shape index (κ1) is 7.80. The smallest absolute Gasteiger partial charge is 0.156 e. The molecule has 0 unspecified atom stereocenters. The van der Waals surface area contributed by atoms with E-state index in [-0.39, 0.29) is 0 Å². The van der Waals surface area contributed by atoms with Gasteiger partial charge in [0.05, 0.1) is 11.2 Å². The lowest BCUT2D eigenvalue weighted by atomic mass is 10.0. The number of aromatic nitrogens is 1. The van der Waals surface area contributed by atoms with Gasteiger partial charge in [-0.25, -0.2) is 0 Å². The molecule has 1 aliphatic carbocycles. The van der Waals surface area contributed by atoms with Crippen molar-refractivity contribution in [2.45, 2.75) is 38.1 Å². The Morgan fingerprint density at radius 3 is 2.67 bits per heavy atom.